The number of amides is 3. The average molecular weight is 319 g/mol. The summed E-state index contributed by atoms with van der Waals surface area (Å²) in [5.74, 6) is -1.60. The van der Waals surface area contributed by atoms with Crippen LogP contribution in [-0.4, -0.2) is 31.1 Å². The van der Waals surface area contributed by atoms with E-state index in [4.69, 9.17) is 27.9 Å². The summed E-state index contributed by atoms with van der Waals surface area (Å²) in [5.41, 5.74) is -0.0263. The van der Waals surface area contributed by atoms with Gasteiger partial charge >= 0.3 is 12.0 Å². The van der Waals surface area contributed by atoms with E-state index in [0.717, 1.165) is 0 Å². The molecule has 8 heteroatoms. The Morgan fingerprint density at radius 1 is 1.20 bits per heavy atom. The molecule has 0 fully saturated rings. The van der Waals surface area contributed by atoms with Crippen molar-refractivity contribution in [3.63, 3.8) is 0 Å². The van der Waals surface area contributed by atoms with Crippen LogP contribution in [0.15, 0.2) is 18.2 Å². The largest absolute Gasteiger partial charge is 0.452 e. The number of esters is 1. The van der Waals surface area contributed by atoms with E-state index in [9.17, 15) is 14.4 Å². The summed E-state index contributed by atoms with van der Waals surface area (Å²) in [7, 11) is 0. The fourth-order valence-electron chi connectivity index (χ4n) is 1.26. The first-order valence-electron chi connectivity index (χ1n) is 5.64. The second-order valence-electron chi connectivity index (χ2n) is 3.58. The predicted octanol–water partition coefficient (Wildman–Crippen LogP) is 2.00. The highest BCUT2D eigenvalue weighted by Gasteiger charge is 2.17. The summed E-state index contributed by atoms with van der Waals surface area (Å²) in [6, 6.07) is 3.85. The Labute approximate surface area is 125 Å². The molecule has 20 heavy (non-hydrogen) atoms. The maximum absolute atomic E-state index is 11.7. The highest BCUT2D eigenvalue weighted by Crippen LogP contribution is 2.24. The van der Waals surface area contributed by atoms with Crippen LogP contribution in [0.1, 0.15) is 17.3 Å². The van der Waals surface area contributed by atoms with Crippen molar-refractivity contribution in [2.24, 2.45) is 0 Å². The number of ether oxygens (including phenoxy) is 1. The third kappa shape index (κ3) is 4.71. The summed E-state index contributed by atoms with van der Waals surface area (Å²) < 4.78 is 4.73. The molecular formula is C12H12Cl2N2O4. The van der Waals surface area contributed by atoms with Crippen LogP contribution in [-0.2, 0) is 9.53 Å². The number of nitrogens with one attached hydrogen (secondary N) is 2. The van der Waals surface area contributed by atoms with Gasteiger partial charge in [-0.05, 0) is 19.1 Å². The Hall–Kier alpha value is -1.79. The van der Waals surface area contributed by atoms with E-state index in [0.29, 0.717) is 6.54 Å². The van der Waals surface area contributed by atoms with Crippen LogP contribution in [0.4, 0.5) is 4.79 Å². The maximum atomic E-state index is 11.7. The molecule has 0 aliphatic rings. The molecule has 0 saturated heterocycles. The first-order chi connectivity index (χ1) is 9.45. The van der Waals surface area contributed by atoms with E-state index >= 15 is 0 Å². The molecule has 108 valence electrons. The zero-order valence-electron chi connectivity index (χ0n) is 10.5. The van der Waals surface area contributed by atoms with Gasteiger partial charge in [0, 0.05) is 6.54 Å². The first-order valence-corrected chi connectivity index (χ1v) is 6.40. The van der Waals surface area contributed by atoms with Crippen LogP contribution < -0.4 is 10.6 Å². The molecule has 0 bridgehead atoms. The highest BCUT2D eigenvalue weighted by atomic mass is 35.5. The van der Waals surface area contributed by atoms with Crippen molar-refractivity contribution >= 4 is 41.1 Å². The number of carbonyl (C=O) groups excluding carboxylic acids is 3. The molecule has 1 aromatic rings. The summed E-state index contributed by atoms with van der Waals surface area (Å²) in [6.45, 7) is 1.45. The molecule has 0 spiro atoms. The predicted molar refractivity (Wildman–Crippen MR) is 74.0 cm³/mol. The molecule has 0 unspecified atom stereocenters. The molecule has 0 aliphatic carbocycles. The van der Waals surface area contributed by atoms with E-state index in [1.807, 2.05) is 5.32 Å². The molecule has 0 heterocycles. The van der Waals surface area contributed by atoms with Crippen LogP contribution >= 0.6 is 23.2 Å². The Kier molecular flexibility index (Phi) is 6.27. The summed E-state index contributed by atoms with van der Waals surface area (Å²) in [6.07, 6.45) is 0. The van der Waals surface area contributed by atoms with Crippen molar-refractivity contribution in [2.45, 2.75) is 6.92 Å². The molecular weight excluding hydrogens is 307 g/mol. The fourth-order valence-corrected chi connectivity index (χ4v) is 1.82. The van der Waals surface area contributed by atoms with Crippen LogP contribution in [0.2, 0.25) is 10.0 Å². The minimum absolute atomic E-state index is 0.0263. The number of imide groups is 1. The van der Waals surface area contributed by atoms with E-state index in [2.05, 4.69) is 5.32 Å². The SMILES string of the molecule is CCNC(=O)NC(=O)COC(=O)c1c(Cl)cccc1Cl. The second-order valence-corrected chi connectivity index (χ2v) is 4.39. The quantitative estimate of drug-likeness (QED) is 0.831. The monoisotopic (exact) mass is 318 g/mol. The number of rotatable bonds is 4. The van der Waals surface area contributed by atoms with Gasteiger partial charge in [-0.2, -0.15) is 0 Å². The lowest BCUT2D eigenvalue weighted by Crippen LogP contribution is -2.41. The molecule has 0 radical (unpaired) electrons. The standard InChI is InChI=1S/C12H12Cl2N2O4/c1-2-15-12(19)16-9(17)6-20-11(18)10-7(13)4-3-5-8(10)14/h3-5H,2,6H2,1H3,(H2,15,16,17,19). The lowest BCUT2D eigenvalue weighted by Gasteiger charge is -2.08. The van der Waals surface area contributed by atoms with Crippen LogP contribution in [0.25, 0.3) is 0 Å². The minimum Gasteiger partial charge on any atom is -0.452 e. The molecule has 1 rings (SSSR count). The average Bonchev–Trinajstić information content (AvgIpc) is 2.36. The Morgan fingerprint density at radius 2 is 1.80 bits per heavy atom. The van der Waals surface area contributed by atoms with Crippen molar-refractivity contribution in [1.29, 1.82) is 0 Å². The second kappa shape index (κ2) is 7.72. The first kappa shape index (κ1) is 16.3. The molecule has 0 saturated carbocycles. The minimum atomic E-state index is -0.841. The van der Waals surface area contributed by atoms with Gasteiger partial charge in [0.05, 0.1) is 15.6 Å². The van der Waals surface area contributed by atoms with Gasteiger partial charge in [0.25, 0.3) is 5.91 Å². The molecule has 3 amide bonds. The molecule has 6 nitrogen and oxygen atoms in total. The number of urea groups is 1. The van der Waals surface area contributed by atoms with Gasteiger partial charge in [-0.25, -0.2) is 9.59 Å². The molecule has 0 aromatic heterocycles. The smallest absolute Gasteiger partial charge is 0.341 e. The van der Waals surface area contributed by atoms with E-state index in [1.54, 1.807) is 13.0 Å². The van der Waals surface area contributed by atoms with Gasteiger partial charge in [-0.3, -0.25) is 10.1 Å². The highest BCUT2D eigenvalue weighted by molar-refractivity contribution is 6.39. The molecule has 0 atom stereocenters. The topological polar surface area (TPSA) is 84.5 Å². The van der Waals surface area contributed by atoms with Gasteiger partial charge in [0.1, 0.15) is 0 Å². The van der Waals surface area contributed by atoms with Crippen molar-refractivity contribution < 1.29 is 19.1 Å². The Balaban J connectivity index is 2.56. The molecule has 0 aliphatic heterocycles. The Morgan fingerprint density at radius 3 is 2.35 bits per heavy atom. The Bertz CT molecular complexity index is 514. The molecule has 1 aromatic carbocycles. The number of halogens is 2. The zero-order chi connectivity index (χ0) is 15.1. The van der Waals surface area contributed by atoms with Gasteiger partial charge < -0.3 is 10.1 Å². The van der Waals surface area contributed by atoms with Crippen molar-refractivity contribution in [1.82, 2.24) is 10.6 Å². The van der Waals surface area contributed by atoms with Crippen molar-refractivity contribution in [3.8, 4) is 0 Å². The van der Waals surface area contributed by atoms with E-state index in [-0.39, 0.29) is 15.6 Å². The lowest BCUT2D eigenvalue weighted by atomic mass is 10.2. The third-order valence-corrected chi connectivity index (χ3v) is 2.72. The summed E-state index contributed by atoms with van der Waals surface area (Å²) in [4.78, 5) is 34.1. The van der Waals surface area contributed by atoms with Crippen molar-refractivity contribution in [2.75, 3.05) is 13.2 Å². The van der Waals surface area contributed by atoms with Gasteiger partial charge in [-0.1, -0.05) is 29.3 Å². The normalized spacial score (nSPS) is 9.75. The van der Waals surface area contributed by atoms with Gasteiger partial charge in [0.2, 0.25) is 0 Å². The fraction of sp³-hybridized carbons (Fsp3) is 0.250. The van der Waals surface area contributed by atoms with E-state index in [1.165, 1.54) is 12.1 Å². The number of carbonyl (C=O) groups is 3. The molecule has 2 N–H and O–H groups in total. The lowest BCUT2D eigenvalue weighted by molar-refractivity contribution is -0.123. The number of hydrogen-bond donors (Lipinski definition) is 2. The summed E-state index contributed by atoms with van der Waals surface area (Å²) >= 11 is 11.6. The van der Waals surface area contributed by atoms with Crippen LogP contribution in [0.5, 0.6) is 0 Å². The van der Waals surface area contributed by atoms with Crippen LogP contribution in [0, 0.1) is 0 Å². The van der Waals surface area contributed by atoms with Crippen molar-refractivity contribution in [3.05, 3.63) is 33.8 Å². The number of benzene rings is 1. The summed E-state index contributed by atoms with van der Waals surface area (Å²) in [5, 5.41) is 4.58. The van der Waals surface area contributed by atoms with Gasteiger partial charge in [0.15, 0.2) is 6.61 Å². The maximum Gasteiger partial charge on any atom is 0.341 e. The number of hydrogen-bond acceptors (Lipinski definition) is 4. The third-order valence-electron chi connectivity index (χ3n) is 2.09. The van der Waals surface area contributed by atoms with E-state index < -0.39 is 24.5 Å². The van der Waals surface area contributed by atoms with Crippen LogP contribution in [0.3, 0.4) is 0 Å². The zero-order valence-corrected chi connectivity index (χ0v) is 12.0. The van der Waals surface area contributed by atoms with Gasteiger partial charge in [-0.15, -0.1) is 0 Å².